The minimum Gasteiger partial charge on any atom is -0.482 e. The SMILES string of the molecule is COCC(C)Oc1c(F)cc(CNC(C)(C)C)cc1F. The summed E-state index contributed by atoms with van der Waals surface area (Å²) in [5.74, 6) is -1.74. The van der Waals surface area contributed by atoms with Crippen molar-refractivity contribution in [2.45, 2.75) is 45.9 Å². The first-order valence-electron chi connectivity index (χ1n) is 6.61. The predicted octanol–water partition coefficient (Wildman–Crippen LogP) is 3.27. The lowest BCUT2D eigenvalue weighted by atomic mass is 10.1. The topological polar surface area (TPSA) is 30.5 Å². The van der Waals surface area contributed by atoms with Gasteiger partial charge in [-0.05, 0) is 45.4 Å². The zero-order chi connectivity index (χ0) is 15.3. The maximum absolute atomic E-state index is 13.9. The van der Waals surface area contributed by atoms with Crippen LogP contribution in [-0.4, -0.2) is 25.4 Å². The molecule has 0 saturated heterocycles. The molecule has 1 aromatic carbocycles. The van der Waals surface area contributed by atoms with Gasteiger partial charge in [0.2, 0.25) is 0 Å². The van der Waals surface area contributed by atoms with Crippen molar-refractivity contribution in [3.63, 3.8) is 0 Å². The minimum absolute atomic E-state index is 0.116. The molecule has 20 heavy (non-hydrogen) atoms. The summed E-state index contributed by atoms with van der Waals surface area (Å²) in [6.45, 7) is 8.33. The van der Waals surface area contributed by atoms with Gasteiger partial charge < -0.3 is 14.8 Å². The molecule has 0 aliphatic carbocycles. The molecule has 0 aliphatic heterocycles. The normalized spacial score (nSPS) is 13.3. The van der Waals surface area contributed by atoms with Crippen molar-refractivity contribution < 1.29 is 18.3 Å². The molecule has 0 bridgehead atoms. The smallest absolute Gasteiger partial charge is 0.191 e. The highest BCUT2D eigenvalue weighted by Crippen LogP contribution is 2.24. The van der Waals surface area contributed by atoms with Crippen LogP contribution < -0.4 is 10.1 Å². The molecule has 0 aromatic heterocycles. The summed E-state index contributed by atoms with van der Waals surface area (Å²) in [6, 6.07) is 2.58. The molecule has 0 spiro atoms. The van der Waals surface area contributed by atoms with Crippen LogP contribution in [0.1, 0.15) is 33.3 Å². The Labute approximate surface area is 119 Å². The van der Waals surface area contributed by atoms with Crippen LogP contribution in [-0.2, 0) is 11.3 Å². The maximum atomic E-state index is 13.9. The molecule has 1 rings (SSSR count). The van der Waals surface area contributed by atoms with Crippen LogP contribution in [0.25, 0.3) is 0 Å². The third-order valence-electron chi connectivity index (χ3n) is 2.60. The van der Waals surface area contributed by atoms with E-state index in [0.717, 1.165) is 0 Å². The van der Waals surface area contributed by atoms with Crippen molar-refractivity contribution in [1.29, 1.82) is 0 Å². The number of methoxy groups -OCH3 is 1. The van der Waals surface area contributed by atoms with Gasteiger partial charge in [-0.25, -0.2) is 8.78 Å². The Morgan fingerprint density at radius 3 is 2.20 bits per heavy atom. The van der Waals surface area contributed by atoms with Crippen LogP contribution in [0.15, 0.2) is 12.1 Å². The molecule has 0 fully saturated rings. The van der Waals surface area contributed by atoms with E-state index in [1.165, 1.54) is 19.2 Å². The lowest BCUT2D eigenvalue weighted by molar-refractivity contribution is 0.0862. The molecule has 3 nitrogen and oxygen atoms in total. The van der Waals surface area contributed by atoms with Gasteiger partial charge >= 0.3 is 0 Å². The van der Waals surface area contributed by atoms with E-state index < -0.39 is 17.7 Å². The molecular formula is C15H23F2NO2. The highest BCUT2D eigenvalue weighted by Gasteiger charge is 2.16. The molecule has 0 saturated carbocycles. The molecular weight excluding hydrogens is 264 g/mol. The second-order valence-electron chi connectivity index (χ2n) is 5.88. The molecule has 5 heteroatoms. The van der Waals surface area contributed by atoms with E-state index in [9.17, 15) is 8.78 Å². The number of benzene rings is 1. The average Bonchev–Trinajstić information content (AvgIpc) is 2.31. The van der Waals surface area contributed by atoms with Gasteiger partial charge in [0.1, 0.15) is 6.10 Å². The van der Waals surface area contributed by atoms with Gasteiger partial charge in [0, 0.05) is 19.2 Å². The van der Waals surface area contributed by atoms with E-state index in [-0.39, 0.29) is 17.9 Å². The van der Waals surface area contributed by atoms with Crippen molar-refractivity contribution >= 4 is 0 Å². The summed E-state index contributed by atoms with van der Waals surface area (Å²) in [7, 11) is 1.51. The monoisotopic (exact) mass is 287 g/mol. The zero-order valence-corrected chi connectivity index (χ0v) is 12.7. The lowest BCUT2D eigenvalue weighted by Crippen LogP contribution is -2.35. The Morgan fingerprint density at radius 2 is 1.75 bits per heavy atom. The molecule has 1 unspecified atom stereocenters. The Bertz CT molecular complexity index is 421. The van der Waals surface area contributed by atoms with Crippen LogP contribution in [0.3, 0.4) is 0 Å². The van der Waals surface area contributed by atoms with E-state index >= 15 is 0 Å². The second-order valence-corrected chi connectivity index (χ2v) is 5.88. The zero-order valence-electron chi connectivity index (χ0n) is 12.7. The lowest BCUT2D eigenvalue weighted by Gasteiger charge is -2.21. The predicted molar refractivity (Wildman–Crippen MR) is 74.9 cm³/mol. The third-order valence-corrected chi connectivity index (χ3v) is 2.60. The molecule has 0 amide bonds. The Kier molecular flexibility index (Phi) is 5.89. The molecule has 0 radical (unpaired) electrons. The Hall–Kier alpha value is -1.20. The first-order chi connectivity index (χ1) is 9.23. The Morgan fingerprint density at radius 1 is 1.20 bits per heavy atom. The summed E-state index contributed by atoms with van der Waals surface area (Å²) in [5.41, 5.74) is 0.427. The summed E-state index contributed by atoms with van der Waals surface area (Å²) in [6.07, 6.45) is -0.414. The van der Waals surface area contributed by atoms with Gasteiger partial charge in [0.25, 0.3) is 0 Å². The quantitative estimate of drug-likeness (QED) is 0.871. The van der Waals surface area contributed by atoms with Gasteiger partial charge in [-0.15, -0.1) is 0 Å². The number of rotatable bonds is 6. The molecule has 0 heterocycles. The summed E-state index contributed by atoms with van der Waals surface area (Å²) < 4.78 is 37.9. The van der Waals surface area contributed by atoms with Gasteiger partial charge in [-0.1, -0.05) is 0 Å². The number of hydrogen-bond donors (Lipinski definition) is 1. The highest BCUT2D eigenvalue weighted by molar-refractivity contribution is 5.31. The summed E-state index contributed by atoms with van der Waals surface area (Å²) in [4.78, 5) is 0. The molecule has 1 N–H and O–H groups in total. The number of ether oxygens (including phenoxy) is 2. The molecule has 0 aliphatic rings. The second kappa shape index (κ2) is 6.99. The summed E-state index contributed by atoms with van der Waals surface area (Å²) in [5, 5.41) is 3.18. The average molecular weight is 287 g/mol. The van der Waals surface area contributed by atoms with Crippen molar-refractivity contribution in [1.82, 2.24) is 5.32 Å². The van der Waals surface area contributed by atoms with Crippen LogP contribution in [0.4, 0.5) is 8.78 Å². The number of halogens is 2. The van der Waals surface area contributed by atoms with Crippen molar-refractivity contribution in [3.8, 4) is 5.75 Å². The molecule has 114 valence electrons. The van der Waals surface area contributed by atoms with Crippen molar-refractivity contribution in [3.05, 3.63) is 29.3 Å². The van der Waals surface area contributed by atoms with Crippen LogP contribution in [0.2, 0.25) is 0 Å². The van der Waals surface area contributed by atoms with Crippen LogP contribution in [0.5, 0.6) is 5.75 Å². The van der Waals surface area contributed by atoms with E-state index in [2.05, 4.69) is 5.32 Å². The largest absolute Gasteiger partial charge is 0.482 e. The fraction of sp³-hybridized carbons (Fsp3) is 0.600. The van der Waals surface area contributed by atoms with Crippen molar-refractivity contribution in [2.24, 2.45) is 0 Å². The van der Waals surface area contributed by atoms with E-state index in [0.29, 0.717) is 12.1 Å². The standard InChI is InChI=1S/C15H23F2NO2/c1-10(9-19-5)20-14-12(16)6-11(7-13(14)17)8-18-15(2,3)4/h6-7,10,18H,8-9H2,1-5H3. The van der Waals surface area contributed by atoms with Gasteiger partial charge in [0.15, 0.2) is 17.4 Å². The maximum Gasteiger partial charge on any atom is 0.191 e. The third kappa shape index (κ3) is 5.43. The first kappa shape index (κ1) is 16.9. The molecule has 1 atom stereocenters. The molecule has 1 aromatic rings. The summed E-state index contributed by atoms with van der Waals surface area (Å²) >= 11 is 0. The van der Waals surface area contributed by atoms with Gasteiger partial charge in [-0.2, -0.15) is 0 Å². The van der Waals surface area contributed by atoms with Gasteiger partial charge in [-0.3, -0.25) is 0 Å². The van der Waals surface area contributed by atoms with Crippen molar-refractivity contribution in [2.75, 3.05) is 13.7 Å². The Balaban J connectivity index is 2.81. The van der Waals surface area contributed by atoms with Crippen LogP contribution >= 0.6 is 0 Å². The van der Waals surface area contributed by atoms with Gasteiger partial charge in [0.05, 0.1) is 6.61 Å². The van der Waals surface area contributed by atoms with Crippen LogP contribution in [0, 0.1) is 11.6 Å². The van der Waals surface area contributed by atoms with E-state index in [1.54, 1.807) is 6.92 Å². The van der Waals surface area contributed by atoms with E-state index in [1.807, 2.05) is 20.8 Å². The number of hydrogen-bond acceptors (Lipinski definition) is 3. The fourth-order valence-corrected chi connectivity index (χ4v) is 1.66. The fourth-order valence-electron chi connectivity index (χ4n) is 1.66. The highest BCUT2D eigenvalue weighted by atomic mass is 19.1. The minimum atomic E-state index is -0.696. The number of nitrogens with one attached hydrogen (secondary N) is 1. The van der Waals surface area contributed by atoms with E-state index in [4.69, 9.17) is 9.47 Å². The first-order valence-corrected chi connectivity index (χ1v) is 6.61.